The Bertz CT molecular complexity index is 318. The highest BCUT2D eigenvalue weighted by Crippen LogP contribution is 2.18. The summed E-state index contributed by atoms with van der Waals surface area (Å²) in [7, 11) is 0. The molecular formula is C10H11Br2N. The molecule has 1 N–H and O–H groups in total. The highest BCUT2D eigenvalue weighted by atomic mass is 79.9. The predicted octanol–water partition coefficient (Wildman–Crippen LogP) is 3.79. The highest BCUT2D eigenvalue weighted by molar-refractivity contribution is 8.93. The van der Waals surface area contributed by atoms with E-state index in [0.29, 0.717) is 0 Å². The number of hydrogen-bond acceptors (Lipinski definition) is 1. The van der Waals surface area contributed by atoms with Gasteiger partial charge in [-0.25, -0.2) is 0 Å². The zero-order valence-corrected chi connectivity index (χ0v) is 10.4. The Kier molecular flexibility index (Phi) is 5.75. The summed E-state index contributed by atoms with van der Waals surface area (Å²) in [6.07, 6.45) is 8.03. The van der Waals surface area contributed by atoms with Gasteiger partial charge in [0, 0.05) is 11.9 Å². The molecule has 1 aromatic carbocycles. The molecule has 0 aliphatic carbocycles. The minimum Gasteiger partial charge on any atom is -0.361 e. The first-order chi connectivity index (χ1) is 5.47. The summed E-state index contributed by atoms with van der Waals surface area (Å²) in [5.41, 5.74) is 2.40. The molecule has 0 fully saturated rings. The number of benzene rings is 1. The van der Waals surface area contributed by atoms with Crippen LogP contribution in [0.25, 0.3) is 6.08 Å². The van der Waals surface area contributed by atoms with Crippen LogP contribution in [0.15, 0.2) is 42.6 Å². The number of hydrogen-bond donors (Lipinski definition) is 1. The Hall–Kier alpha value is -0.540. The van der Waals surface area contributed by atoms with E-state index in [1.165, 1.54) is 5.56 Å². The Labute approximate surface area is 99.1 Å². The zero-order valence-electron chi connectivity index (χ0n) is 6.94. The lowest BCUT2D eigenvalue weighted by Gasteiger charge is -2.01. The molecule has 1 aliphatic heterocycles. The van der Waals surface area contributed by atoms with Crippen molar-refractivity contribution in [2.45, 2.75) is 0 Å². The Balaban J connectivity index is 0.000000720. The van der Waals surface area contributed by atoms with Crippen LogP contribution >= 0.6 is 34.0 Å². The summed E-state index contributed by atoms with van der Waals surface area (Å²) in [6.45, 7) is 0. The first kappa shape index (κ1) is 12.5. The van der Waals surface area contributed by atoms with Gasteiger partial charge in [0.15, 0.2) is 0 Å². The van der Waals surface area contributed by atoms with Crippen molar-refractivity contribution in [2.24, 2.45) is 0 Å². The third-order valence-corrected chi connectivity index (χ3v) is 1.68. The molecule has 2 rings (SSSR count). The molecule has 13 heavy (non-hydrogen) atoms. The molecule has 0 aromatic heterocycles. The second-order valence-electron chi connectivity index (χ2n) is 2.45. The third kappa shape index (κ3) is 3.01. The number of para-hydroxylation sites is 1. The van der Waals surface area contributed by atoms with Gasteiger partial charge in [0.1, 0.15) is 0 Å². The van der Waals surface area contributed by atoms with E-state index in [1.807, 2.05) is 30.5 Å². The maximum absolute atomic E-state index is 3.18. The number of anilines is 1. The fourth-order valence-electron chi connectivity index (χ4n) is 1.13. The van der Waals surface area contributed by atoms with Crippen molar-refractivity contribution in [2.75, 3.05) is 5.32 Å². The van der Waals surface area contributed by atoms with Gasteiger partial charge in [0.25, 0.3) is 0 Å². The minimum absolute atomic E-state index is 0. The van der Waals surface area contributed by atoms with Crippen LogP contribution in [0.2, 0.25) is 0 Å². The van der Waals surface area contributed by atoms with E-state index >= 15 is 0 Å². The smallest absolute Gasteiger partial charge is 0.0453 e. The lowest BCUT2D eigenvalue weighted by molar-refractivity contribution is 1.57. The first-order valence-electron chi connectivity index (χ1n) is 3.65. The maximum Gasteiger partial charge on any atom is 0.0453 e. The second-order valence-corrected chi connectivity index (χ2v) is 2.45. The van der Waals surface area contributed by atoms with Gasteiger partial charge in [0.05, 0.1) is 0 Å². The van der Waals surface area contributed by atoms with Crippen molar-refractivity contribution >= 4 is 45.7 Å². The summed E-state index contributed by atoms with van der Waals surface area (Å²) < 4.78 is 0. The number of fused-ring (bicyclic) bond motifs is 1. The summed E-state index contributed by atoms with van der Waals surface area (Å²) in [6, 6.07) is 8.22. The van der Waals surface area contributed by atoms with Crippen LogP contribution in [0.5, 0.6) is 0 Å². The van der Waals surface area contributed by atoms with Crippen molar-refractivity contribution in [3.05, 3.63) is 48.2 Å². The van der Waals surface area contributed by atoms with Gasteiger partial charge in [-0.15, -0.1) is 34.0 Å². The van der Waals surface area contributed by atoms with Crippen LogP contribution in [0.4, 0.5) is 5.69 Å². The van der Waals surface area contributed by atoms with Crippen molar-refractivity contribution in [1.82, 2.24) is 0 Å². The Morgan fingerprint density at radius 3 is 2.54 bits per heavy atom. The van der Waals surface area contributed by atoms with E-state index in [1.54, 1.807) is 0 Å². The molecule has 3 heteroatoms. The molecule has 0 atom stereocenters. The summed E-state index contributed by atoms with van der Waals surface area (Å²) in [5.74, 6) is 0. The molecule has 1 aromatic rings. The average molecular weight is 305 g/mol. The van der Waals surface area contributed by atoms with Crippen LogP contribution in [0.3, 0.4) is 0 Å². The highest BCUT2D eigenvalue weighted by Gasteiger charge is 1.95. The Morgan fingerprint density at radius 2 is 1.69 bits per heavy atom. The van der Waals surface area contributed by atoms with Crippen molar-refractivity contribution in [3.8, 4) is 0 Å². The van der Waals surface area contributed by atoms with Gasteiger partial charge in [0.2, 0.25) is 0 Å². The summed E-state index contributed by atoms with van der Waals surface area (Å²) in [4.78, 5) is 0. The van der Waals surface area contributed by atoms with Gasteiger partial charge in [-0.3, -0.25) is 0 Å². The molecule has 0 amide bonds. The van der Waals surface area contributed by atoms with Crippen molar-refractivity contribution < 1.29 is 0 Å². The molecular weight excluding hydrogens is 294 g/mol. The van der Waals surface area contributed by atoms with Gasteiger partial charge in [-0.1, -0.05) is 30.4 Å². The lowest BCUT2D eigenvalue weighted by atomic mass is 10.2. The van der Waals surface area contributed by atoms with Crippen molar-refractivity contribution in [3.63, 3.8) is 0 Å². The molecule has 0 spiro atoms. The maximum atomic E-state index is 3.18. The van der Waals surface area contributed by atoms with E-state index in [2.05, 4.69) is 23.5 Å². The molecule has 0 unspecified atom stereocenters. The molecule has 1 heterocycles. The summed E-state index contributed by atoms with van der Waals surface area (Å²) >= 11 is 0. The van der Waals surface area contributed by atoms with Crippen LogP contribution in [0, 0.1) is 0 Å². The van der Waals surface area contributed by atoms with E-state index in [4.69, 9.17) is 0 Å². The fraction of sp³-hybridized carbons (Fsp3) is 0. The SMILES string of the molecule is Br.Br.C1=CNc2ccccc2C=C1. The van der Waals surface area contributed by atoms with Gasteiger partial charge < -0.3 is 5.32 Å². The molecule has 0 radical (unpaired) electrons. The molecule has 1 aliphatic rings. The summed E-state index contributed by atoms with van der Waals surface area (Å²) in [5, 5.41) is 3.18. The number of nitrogens with one attached hydrogen (secondary N) is 1. The minimum atomic E-state index is 0. The normalized spacial score (nSPS) is 11.4. The van der Waals surface area contributed by atoms with Gasteiger partial charge in [-0.2, -0.15) is 0 Å². The van der Waals surface area contributed by atoms with Crippen LogP contribution in [-0.2, 0) is 0 Å². The Morgan fingerprint density at radius 1 is 0.923 bits per heavy atom. The largest absolute Gasteiger partial charge is 0.361 e. The molecule has 1 nitrogen and oxygen atoms in total. The molecule has 0 saturated carbocycles. The monoisotopic (exact) mass is 303 g/mol. The predicted molar refractivity (Wildman–Crippen MR) is 68.9 cm³/mol. The fourth-order valence-corrected chi connectivity index (χ4v) is 1.13. The number of rotatable bonds is 0. The average Bonchev–Trinajstić information content (AvgIpc) is 2.28. The van der Waals surface area contributed by atoms with Crippen LogP contribution < -0.4 is 5.32 Å². The van der Waals surface area contributed by atoms with Gasteiger partial charge in [-0.05, 0) is 17.7 Å². The topological polar surface area (TPSA) is 12.0 Å². The van der Waals surface area contributed by atoms with Crippen LogP contribution in [0.1, 0.15) is 5.56 Å². The zero-order chi connectivity index (χ0) is 7.52. The molecule has 0 saturated heterocycles. The lowest BCUT2D eigenvalue weighted by Crippen LogP contribution is -1.87. The van der Waals surface area contributed by atoms with E-state index in [9.17, 15) is 0 Å². The third-order valence-electron chi connectivity index (χ3n) is 1.68. The second kappa shape index (κ2) is 6.00. The quantitative estimate of drug-likeness (QED) is 0.769. The molecule has 0 bridgehead atoms. The molecule has 70 valence electrons. The first-order valence-corrected chi connectivity index (χ1v) is 3.65. The van der Waals surface area contributed by atoms with E-state index in [-0.39, 0.29) is 34.0 Å². The van der Waals surface area contributed by atoms with Crippen LogP contribution in [-0.4, -0.2) is 0 Å². The van der Waals surface area contributed by atoms with E-state index in [0.717, 1.165) is 5.69 Å². The number of allylic oxidation sites excluding steroid dienone is 2. The van der Waals surface area contributed by atoms with E-state index < -0.39 is 0 Å². The standard InChI is InChI=1S/C10H9N.2BrH/c1-2-7-10-9(5-1)6-3-4-8-11-10;;/h1-8,11H;2*1H. The van der Waals surface area contributed by atoms with Gasteiger partial charge >= 0.3 is 0 Å². The van der Waals surface area contributed by atoms with Crippen molar-refractivity contribution in [1.29, 1.82) is 0 Å². The number of halogens is 2.